The molecule has 0 bridgehead atoms. The number of rotatable bonds is 18. The van der Waals surface area contributed by atoms with E-state index in [1.165, 1.54) is 116 Å². The predicted molar refractivity (Wildman–Crippen MR) is 100 cm³/mol. The molecule has 5 heteroatoms. The maximum absolute atomic E-state index is 8.52. The van der Waals surface area contributed by atoms with Gasteiger partial charge in [-0.1, -0.05) is 104 Å². The van der Waals surface area contributed by atoms with Gasteiger partial charge in [-0.05, 0) is 25.9 Å². The van der Waals surface area contributed by atoms with Gasteiger partial charge in [0.2, 0.25) is 0 Å². The normalized spacial score (nSPS) is 10.8. The highest BCUT2D eigenvalue weighted by Gasteiger charge is 1.93. The number of nitrogens with one attached hydrogen (secondary N) is 1. The van der Waals surface area contributed by atoms with Crippen LogP contribution >= 0.6 is 0 Å². The lowest BCUT2D eigenvalue weighted by Gasteiger charge is -2.05. The van der Waals surface area contributed by atoms with E-state index >= 15 is 0 Å². The first-order valence-corrected chi connectivity index (χ1v) is 11.6. The molecule has 0 spiro atoms. The lowest BCUT2D eigenvalue weighted by molar-refractivity contribution is -1.63. The zero-order valence-corrected chi connectivity index (χ0v) is 17.6. The lowest BCUT2D eigenvalue weighted by Crippen LogP contribution is -2.30. The molecule has 0 unspecified atom stereocenters. The standard InChI is InChI=1S/C20H43N.ClHO3/c1-3-5-7-9-11-13-15-17-19-21-20-18-16-14-12-10-8-6-4-2;2-1(3)4/h21H,3-20H2,1-2H3;2H. The monoisotopic (exact) mass is 381 g/mol. The molecule has 0 fully saturated rings. The zero-order chi connectivity index (χ0) is 19.0. The van der Waals surface area contributed by atoms with Gasteiger partial charge >= 0.3 is 0 Å². The van der Waals surface area contributed by atoms with Gasteiger partial charge in [-0.15, -0.1) is 0 Å². The van der Waals surface area contributed by atoms with Gasteiger partial charge in [-0.3, -0.25) is 0 Å². The summed E-state index contributed by atoms with van der Waals surface area (Å²) < 4.78 is 24.0. The van der Waals surface area contributed by atoms with Crippen molar-refractivity contribution in [3.63, 3.8) is 0 Å². The van der Waals surface area contributed by atoms with Crippen molar-refractivity contribution in [1.82, 2.24) is 5.32 Å². The maximum atomic E-state index is 8.52. The Morgan fingerprint density at radius 1 is 0.560 bits per heavy atom. The summed E-state index contributed by atoms with van der Waals surface area (Å²) in [5.41, 5.74) is 0. The molecule has 4 nitrogen and oxygen atoms in total. The summed E-state index contributed by atoms with van der Waals surface area (Å²) in [6.07, 6.45) is 22.8. The van der Waals surface area contributed by atoms with Gasteiger partial charge in [0.05, 0.1) is 0 Å². The zero-order valence-electron chi connectivity index (χ0n) is 16.9. The van der Waals surface area contributed by atoms with Crippen molar-refractivity contribution in [2.24, 2.45) is 0 Å². The summed E-state index contributed by atoms with van der Waals surface area (Å²) in [4.78, 5) is 0. The molecule has 0 radical (unpaired) electrons. The van der Waals surface area contributed by atoms with Crippen molar-refractivity contribution in [2.75, 3.05) is 13.1 Å². The quantitative estimate of drug-likeness (QED) is 0.352. The summed E-state index contributed by atoms with van der Waals surface area (Å²) in [6, 6.07) is 0. The molecule has 0 aromatic carbocycles. The molecule has 0 saturated carbocycles. The van der Waals surface area contributed by atoms with E-state index in [4.69, 9.17) is 14.0 Å². The average Bonchev–Trinajstić information content (AvgIpc) is 2.57. The van der Waals surface area contributed by atoms with Crippen molar-refractivity contribution >= 4 is 0 Å². The Bertz CT molecular complexity index is 198. The molecule has 0 amide bonds. The highest BCUT2D eigenvalue weighted by atomic mass is 35.6. The fraction of sp³-hybridized carbons (Fsp3) is 1.00. The first-order chi connectivity index (χ1) is 12.1. The second kappa shape index (κ2) is 26.4. The third-order valence-corrected chi connectivity index (χ3v) is 4.41. The Hall–Kier alpha value is 0.130. The molecule has 0 aliphatic heterocycles. The first kappa shape index (κ1) is 27.3. The summed E-state index contributed by atoms with van der Waals surface area (Å²) in [5.74, 6) is 0. The van der Waals surface area contributed by atoms with Gasteiger partial charge in [-0.25, -0.2) is 0 Å². The van der Waals surface area contributed by atoms with E-state index in [1.807, 2.05) is 0 Å². The number of unbranched alkanes of at least 4 members (excludes halogenated alkanes) is 14. The van der Waals surface area contributed by atoms with Crippen molar-refractivity contribution < 1.29 is 24.8 Å². The van der Waals surface area contributed by atoms with Crippen LogP contribution in [-0.4, -0.2) is 17.7 Å². The molecular formula is C20H44ClNO3. The molecule has 0 rings (SSSR count). The van der Waals surface area contributed by atoms with Crippen LogP contribution in [0.25, 0.3) is 0 Å². The third kappa shape index (κ3) is 36.0. The smallest absolute Gasteiger partial charge is 0.282 e. The molecule has 0 aromatic rings. The van der Waals surface area contributed by atoms with Gasteiger partial charge < -0.3 is 14.6 Å². The van der Waals surface area contributed by atoms with Crippen LogP contribution < -0.4 is 14.6 Å². The van der Waals surface area contributed by atoms with Crippen LogP contribution in [0.2, 0.25) is 0 Å². The Morgan fingerprint density at radius 3 is 1.08 bits per heavy atom. The van der Waals surface area contributed by atoms with Crippen molar-refractivity contribution in [3.8, 4) is 0 Å². The molecule has 0 heterocycles. The first-order valence-electron chi connectivity index (χ1n) is 10.6. The van der Waals surface area contributed by atoms with E-state index in [0.29, 0.717) is 0 Å². The van der Waals surface area contributed by atoms with Crippen molar-refractivity contribution in [2.45, 2.75) is 117 Å². The molecule has 0 aliphatic carbocycles. The summed E-state index contributed by atoms with van der Waals surface area (Å²) in [5, 5.41) is 3.61. The summed E-state index contributed by atoms with van der Waals surface area (Å²) in [6.45, 7) is 7.06. The Balaban J connectivity index is 0. The van der Waals surface area contributed by atoms with Crippen LogP contribution in [0.3, 0.4) is 0 Å². The van der Waals surface area contributed by atoms with Gasteiger partial charge in [0.15, 0.2) is 0 Å². The van der Waals surface area contributed by atoms with Crippen LogP contribution in [0.4, 0.5) is 0 Å². The van der Waals surface area contributed by atoms with Gasteiger partial charge in [-0.2, -0.15) is 0 Å². The number of hydrogen-bond acceptors (Lipinski definition) is 4. The maximum Gasteiger partial charge on any atom is 0.282 e. The van der Waals surface area contributed by atoms with E-state index in [0.717, 1.165) is 0 Å². The Morgan fingerprint density at radius 2 is 0.800 bits per heavy atom. The van der Waals surface area contributed by atoms with E-state index in [-0.39, 0.29) is 0 Å². The fourth-order valence-electron chi connectivity index (χ4n) is 2.89. The van der Waals surface area contributed by atoms with Crippen molar-refractivity contribution in [3.05, 3.63) is 0 Å². The summed E-state index contributed by atoms with van der Waals surface area (Å²) in [7, 11) is -2.60. The summed E-state index contributed by atoms with van der Waals surface area (Å²) >= 11 is 0. The van der Waals surface area contributed by atoms with Gasteiger partial charge in [0, 0.05) is 4.66 Å². The molecule has 0 atom stereocenters. The van der Waals surface area contributed by atoms with Crippen LogP contribution in [0.15, 0.2) is 0 Å². The van der Waals surface area contributed by atoms with Crippen LogP contribution in [0, 0.1) is 10.8 Å². The van der Waals surface area contributed by atoms with Gasteiger partial charge in [0.1, 0.15) is 0 Å². The Kier molecular flexibility index (Phi) is 28.8. The lowest BCUT2D eigenvalue weighted by atomic mass is 10.1. The number of hydrogen-bond donors (Lipinski definition) is 2. The van der Waals surface area contributed by atoms with Crippen LogP contribution in [0.1, 0.15) is 117 Å². The molecule has 0 saturated heterocycles. The predicted octanol–water partition coefficient (Wildman–Crippen LogP) is 3.92. The topological polar surface area (TPSA) is 78.4 Å². The van der Waals surface area contributed by atoms with Crippen LogP contribution in [0.5, 0.6) is 0 Å². The minimum Gasteiger partial charge on any atom is -0.321 e. The highest BCUT2D eigenvalue weighted by Crippen LogP contribution is 2.09. The van der Waals surface area contributed by atoms with Gasteiger partial charge in [0.25, 0.3) is 10.8 Å². The highest BCUT2D eigenvalue weighted by molar-refractivity contribution is 4.52. The second-order valence-electron chi connectivity index (χ2n) is 6.90. The van der Waals surface area contributed by atoms with Crippen LogP contribution in [-0.2, 0) is 0 Å². The second-order valence-corrected chi connectivity index (χ2v) is 7.30. The third-order valence-electron chi connectivity index (χ3n) is 4.41. The molecular weight excluding hydrogens is 338 g/mol. The fourth-order valence-corrected chi connectivity index (χ4v) is 2.89. The Labute approximate surface area is 160 Å². The molecule has 0 aromatic heterocycles. The minimum absolute atomic E-state index is 1.24. The van der Waals surface area contributed by atoms with E-state index < -0.39 is 10.8 Å². The van der Waals surface area contributed by atoms with E-state index in [2.05, 4.69) is 19.2 Å². The van der Waals surface area contributed by atoms with Crippen molar-refractivity contribution in [1.29, 1.82) is 0 Å². The number of halogens is 1. The minimum atomic E-state index is -2.60. The van der Waals surface area contributed by atoms with E-state index in [1.54, 1.807) is 0 Å². The molecule has 0 aliphatic rings. The molecule has 154 valence electrons. The largest absolute Gasteiger partial charge is 0.321 e. The average molecular weight is 382 g/mol. The SMILES string of the molecule is CCCCCCCCCCNCCCCCCCCCC.[O-][Cl+2]([O-])O. The molecule has 25 heavy (non-hydrogen) atoms. The molecule has 2 N–H and O–H groups in total. The van der Waals surface area contributed by atoms with E-state index in [9.17, 15) is 0 Å².